The van der Waals surface area contributed by atoms with Crippen molar-refractivity contribution in [1.82, 2.24) is 0 Å². The Bertz CT molecular complexity index is 3540. The molecule has 10 aromatic carbocycles. The van der Waals surface area contributed by atoms with E-state index >= 15 is 0 Å². The molecule has 0 fully saturated rings. The minimum Gasteiger partial charge on any atom is -0.310 e. The van der Waals surface area contributed by atoms with Crippen molar-refractivity contribution in [1.29, 1.82) is 0 Å². The predicted octanol–water partition coefficient (Wildman–Crippen LogP) is 17.4. The van der Waals surface area contributed by atoms with E-state index in [4.69, 9.17) is 0 Å². The van der Waals surface area contributed by atoms with Gasteiger partial charge in [0.05, 0.1) is 0 Å². The van der Waals surface area contributed by atoms with E-state index in [0.717, 1.165) is 29.9 Å². The third-order valence-electron chi connectivity index (χ3n) is 15.3. The van der Waals surface area contributed by atoms with Gasteiger partial charge in [0.15, 0.2) is 0 Å². The quantitative estimate of drug-likeness (QED) is 0.154. The van der Waals surface area contributed by atoms with Crippen molar-refractivity contribution in [3.05, 3.63) is 270 Å². The first-order chi connectivity index (χ1) is 33.0. The SMILES string of the molecule is CC1(C)c2ccccc2-c2cccc(-c3cccc(N(c4ccc(-c5ccc(-c6ccccc6)cc5)c(-c5ccccc5)c4)c4ccc5c(c4)C4(CCc6ccccc64)c4ccccc4-5)c3)c21. The van der Waals surface area contributed by atoms with E-state index in [0.29, 0.717) is 0 Å². The second-order valence-corrected chi connectivity index (χ2v) is 19.2. The Morgan fingerprint density at radius 3 is 1.60 bits per heavy atom. The van der Waals surface area contributed by atoms with Gasteiger partial charge in [-0.2, -0.15) is 0 Å². The van der Waals surface area contributed by atoms with Gasteiger partial charge >= 0.3 is 0 Å². The van der Waals surface area contributed by atoms with Gasteiger partial charge in [0.1, 0.15) is 0 Å². The summed E-state index contributed by atoms with van der Waals surface area (Å²) in [6.07, 6.45) is 2.12. The number of hydrogen-bond acceptors (Lipinski definition) is 1. The summed E-state index contributed by atoms with van der Waals surface area (Å²) >= 11 is 0. The molecule has 318 valence electrons. The number of rotatable bonds is 7. The number of anilines is 3. The van der Waals surface area contributed by atoms with Crippen molar-refractivity contribution in [3.63, 3.8) is 0 Å². The minimum absolute atomic E-state index is 0.140. The molecule has 0 saturated carbocycles. The van der Waals surface area contributed by atoms with Gasteiger partial charge in [-0.05, 0) is 149 Å². The fourth-order valence-corrected chi connectivity index (χ4v) is 12.3. The molecule has 0 aromatic heterocycles. The van der Waals surface area contributed by atoms with E-state index in [1.165, 1.54) is 100 Å². The van der Waals surface area contributed by atoms with Gasteiger partial charge in [0.25, 0.3) is 0 Å². The topological polar surface area (TPSA) is 3.24 Å². The zero-order chi connectivity index (χ0) is 44.7. The highest BCUT2D eigenvalue weighted by atomic mass is 15.1. The molecule has 1 unspecified atom stereocenters. The van der Waals surface area contributed by atoms with Crippen LogP contribution >= 0.6 is 0 Å². The second-order valence-electron chi connectivity index (χ2n) is 19.2. The average Bonchev–Trinajstić information content (AvgIpc) is 4.00. The molecule has 0 saturated heterocycles. The van der Waals surface area contributed by atoms with Crippen LogP contribution in [0.5, 0.6) is 0 Å². The molecule has 3 aliphatic rings. The molecular weight excluding hydrogens is 807 g/mol. The van der Waals surface area contributed by atoms with Gasteiger partial charge < -0.3 is 4.90 Å². The summed E-state index contributed by atoms with van der Waals surface area (Å²) in [5.41, 5.74) is 26.6. The zero-order valence-electron chi connectivity index (χ0n) is 37.9. The monoisotopic (exact) mass is 855 g/mol. The van der Waals surface area contributed by atoms with Crippen molar-refractivity contribution < 1.29 is 0 Å². The highest BCUT2D eigenvalue weighted by Gasteiger charge is 2.48. The van der Waals surface area contributed by atoms with Crippen LogP contribution in [0, 0.1) is 0 Å². The van der Waals surface area contributed by atoms with E-state index in [1.807, 2.05) is 0 Å². The third kappa shape index (κ3) is 6.08. The molecule has 1 nitrogen and oxygen atoms in total. The Morgan fingerprint density at radius 2 is 0.821 bits per heavy atom. The number of hydrogen-bond donors (Lipinski definition) is 0. The molecule has 67 heavy (non-hydrogen) atoms. The molecular formula is C66H49N. The first-order valence-corrected chi connectivity index (χ1v) is 23.8. The van der Waals surface area contributed by atoms with Gasteiger partial charge in [-0.3, -0.25) is 0 Å². The fraction of sp³-hybridized carbons (Fsp3) is 0.0909. The van der Waals surface area contributed by atoms with Gasteiger partial charge in [-0.15, -0.1) is 0 Å². The summed E-state index contributed by atoms with van der Waals surface area (Å²) in [7, 11) is 0. The van der Waals surface area contributed by atoms with Crippen molar-refractivity contribution >= 4 is 17.1 Å². The van der Waals surface area contributed by atoms with Crippen LogP contribution in [0.2, 0.25) is 0 Å². The molecule has 1 spiro atoms. The zero-order valence-corrected chi connectivity index (χ0v) is 37.9. The summed E-state index contributed by atoms with van der Waals surface area (Å²) in [5, 5.41) is 0. The second kappa shape index (κ2) is 15.3. The Balaban J connectivity index is 1.02. The first-order valence-electron chi connectivity index (χ1n) is 23.8. The minimum atomic E-state index is -0.206. The van der Waals surface area contributed by atoms with Crippen molar-refractivity contribution in [2.75, 3.05) is 4.90 Å². The summed E-state index contributed by atoms with van der Waals surface area (Å²) in [4.78, 5) is 2.51. The van der Waals surface area contributed by atoms with Crippen molar-refractivity contribution in [2.24, 2.45) is 0 Å². The number of fused-ring (bicyclic) bond motifs is 10. The molecule has 0 aliphatic heterocycles. The molecule has 0 amide bonds. The number of benzene rings is 10. The summed E-state index contributed by atoms with van der Waals surface area (Å²) < 4.78 is 0. The highest BCUT2D eigenvalue weighted by Crippen LogP contribution is 2.59. The molecule has 0 radical (unpaired) electrons. The Hall–Kier alpha value is -8.00. The van der Waals surface area contributed by atoms with E-state index in [-0.39, 0.29) is 10.8 Å². The van der Waals surface area contributed by atoms with Crippen LogP contribution in [0.25, 0.3) is 66.8 Å². The maximum absolute atomic E-state index is 2.53. The van der Waals surface area contributed by atoms with Gasteiger partial charge in [0, 0.05) is 27.9 Å². The van der Waals surface area contributed by atoms with Gasteiger partial charge in [0.2, 0.25) is 0 Å². The average molecular weight is 856 g/mol. The van der Waals surface area contributed by atoms with Crippen molar-refractivity contribution in [3.8, 4) is 66.8 Å². The molecule has 10 aromatic rings. The third-order valence-corrected chi connectivity index (χ3v) is 15.3. The standard InChI is InChI=1S/C66H49N/c1-65(2)61-29-13-10-25-56(61)58-27-16-26-54(64(58)65)49-22-15-23-50(41-49)67(52-36-38-57-55-24-11-14-30-62(55)66(63(57)43-52)40-39-48-21-9-12-28-60(48)66)51-35-37-53(59(42-51)46-19-7-4-8-20-46)47-33-31-45(32-34-47)44-17-5-3-6-18-44/h3-38,41-43H,39-40H2,1-2H3. The Morgan fingerprint density at radius 1 is 0.313 bits per heavy atom. The fourth-order valence-electron chi connectivity index (χ4n) is 12.3. The highest BCUT2D eigenvalue weighted by molar-refractivity contribution is 5.94. The Kier molecular flexibility index (Phi) is 8.99. The Labute approximate surface area is 394 Å². The summed E-state index contributed by atoms with van der Waals surface area (Å²) in [5.74, 6) is 0. The molecule has 3 aliphatic carbocycles. The molecule has 1 atom stereocenters. The number of aryl methyl sites for hydroxylation is 1. The van der Waals surface area contributed by atoms with Crippen LogP contribution in [0.4, 0.5) is 17.1 Å². The van der Waals surface area contributed by atoms with E-state index in [9.17, 15) is 0 Å². The van der Waals surface area contributed by atoms with E-state index in [1.54, 1.807) is 0 Å². The van der Waals surface area contributed by atoms with Crippen LogP contribution in [0.3, 0.4) is 0 Å². The maximum atomic E-state index is 2.53. The lowest BCUT2D eigenvalue weighted by Gasteiger charge is -2.31. The summed E-state index contributed by atoms with van der Waals surface area (Å²) in [6.45, 7) is 4.78. The van der Waals surface area contributed by atoms with E-state index in [2.05, 4.69) is 255 Å². The lowest BCUT2D eigenvalue weighted by atomic mass is 9.73. The summed E-state index contributed by atoms with van der Waals surface area (Å²) in [6, 6.07) is 88.5. The molecule has 0 N–H and O–H groups in total. The van der Waals surface area contributed by atoms with Crippen LogP contribution in [0.1, 0.15) is 53.6 Å². The number of nitrogens with zero attached hydrogens (tertiary/aromatic N) is 1. The predicted molar refractivity (Wildman–Crippen MR) is 281 cm³/mol. The molecule has 0 bridgehead atoms. The van der Waals surface area contributed by atoms with Crippen LogP contribution < -0.4 is 4.90 Å². The van der Waals surface area contributed by atoms with Gasteiger partial charge in [-0.1, -0.05) is 214 Å². The molecule has 0 heterocycles. The largest absolute Gasteiger partial charge is 0.310 e. The normalized spacial score (nSPS) is 15.7. The molecule has 13 rings (SSSR count). The van der Waals surface area contributed by atoms with E-state index < -0.39 is 0 Å². The van der Waals surface area contributed by atoms with Crippen LogP contribution in [-0.2, 0) is 17.3 Å². The first kappa shape index (κ1) is 39.4. The lowest BCUT2D eigenvalue weighted by molar-refractivity contribution is 0.626. The smallest absolute Gasteiger partial charge is 0.0470 e. The van der Waals surface area contributed by atoms with Crippen LogP contribution in [-0.4, -0.2) is 0 Å². The van der Waals surface area contributed by atoms with Crippen LogP contribution in [0.15, 0.2) is 237 Å². The maximum Gasteiger partial charge on any atom is 0.0470 e. The lowest BCUT2D eigenvalue weighted by Crippen LogP contribution is -2.24. The van der Waals surface area contributed by atoms with Crippen molar-refractivity contribution in [2.45, 2.75) is 37.5 Å². The molecule has 1 heteroatoms. The van der Waals surface area contributed by atoms with Gasteiger partial charge in [-0.25, -0.2) is 0 Å².